The quantitative estimate of drug-likeness (QED) is 0.886. The van der Waals surface area contributed by atoms with Crippen LogP contribution < -0.4 is 5.32 Å². The molecule has 4 heteroatoms. The Balaban J connectivity index is 1.67. The van der Waals surface area contributed by atoms with Crippen LogP contribution in [-0.4, -0.2) is 11.9 Å². The van der Waals surface area contributed by atoms with Gasteiger partial charge in [-0.25, -0.2) is 4.39 Å². The van der Waals surface area contributed by atoms with E-state index in [0.29, 0.717) is 5.56 Å². The number of hydrogen-bond acceptors (Lipinski definition) is 1. The number of hydrogen-bond donors (Lipinski definition) is 1. The molecule has 108 valence electrons. The molecule has 1 saturated carbocycles. The van der Waals surface area contributed by atoms with Gasteiger partial charge in [-0.1, -0.05) is 23.8 Å². The summed E-state index contributed by atoms with van der Waals surface area (Å²) in [7, 11) is 0. The maximum atomic E-state index is 12.9. The smallest absolute Gasteiger partial charge is 0.252 e. The average molecular weight is 348 g/mol. The maximum absolute atomic E-state index is 12.9. The van der Waals surface area contributed by atoms with E-state index in [4.69, 9.17) is 0 Å². The summed E-state index contributed by atoms with van der Waals surface area (Å²) in [6, 6.07) is 12.3. The van der Waals surface area contributed by atoms with Gasteiger partial charge in [0.05, 0.1) is 5.56 Å². The lowest BCUT2D eigenvalue weighted by Gasteiger charge is -2.08. The van der Waals surface area contributed by atoms with Crippen LogP contribution >= 0.6 is 15.9 Å². The Labute approximate surface area is 131 Å². The van der Waals surface area contributed by atoms with Gasteiger partial charge in [0.15, 0.2) is 0 Å². The lowest BCUT2D eigenvalue weighted by molar-refractivity contribution is 0.0949. The predicted molar refractivity (Wildman–Crippen MR) is 83.9 cm³/mol. The van der Waals surface area contributed by atoms with Crippen LogP contribution in [0.1, 0.15) is 33.8 Å². The Bertz CT molecular complexity index is 684. The molecule has 1 aliphatic carbocycles. The average Bonchev–Trinajstić information content (AvgIpc) is 3.21. The van der Waals surface area contributed by atoms with Crippen LogP contribution in [0.5, 0.6) is 0 Å². The summed E-state index contributed by atoms with van der Waals surface area (Å²) in [5.41, 5.74) is 2.78. The summed E-state index contributed by atoms with van der Waals surface area (Å²) >= 11 is 3.41. The molecule has 2 aromatic rings. The number of rotatable bonds is 3. The van der Waals surface area contributed by atoms with Crippen molar-refractivity contribution in [2.45, 2.75) is 25.3 Å². The minimum Gasteiger partial charge on any atom is -0.349 e. The molecule has 0 saturated heterocycles. The van der Waals surface area contributed by atoms with Crippen molar-refractivity contribution < 1.29 is 9.18 Å². The lowest BCUT2D eigenvalue weighted by atomic mass is 10.1. The van der Waals surface area contributed by atoms with E-state index in [1.165, 1.54) is 12.1 Å². The van der Waals surface area contributed by atoms with Gasteiger partial charge in [0.25, 0.3) is 5.91 Å². The fourth-order valence-electron chi connectivity index (χ4n) is 2.49. The van der Waals surface area contributed by atoms with Gasteiger partial charge < -0.3 is 5.32 Å². The first-order valence-electron chi connectivity index (χ1n) is 6.87. The van der Waals surface area contributed by atoms with E-state index in [0.717, 1.165) is 22.0 Å². The van der Waals surface area contributed by atoms with Crippen LogP contribution in [0.15, 0.2) is 46.9 Å². The number of aryl methyl sites for hydroxylation is 1. The zero-order chi connectivity index (χ0) is 15.0. The Morgan fingerprint density at radius 1 is 1.24 bits per heavy atom. The summed E-state index contributed by atoms with van der Waals surface area (Å²) in [6.07, 6.45) is 0.904. The van der Waals surface area contributed by atoms with Crippen molar-refractivity contribution >= 4 is 21.8 Å². The summed E-state index contributed by atoms with van der Waals surface area (Å²) in [5, 5.41) is 3.04. The molecule has 0 aliphatic heterocycles. The first-order chi connectivity index (χ1) is 10.0. The first-order valence-corrected chi connectivity index (χ1v) is 7.66. The molecule has 1 aliphatic rings. The Morgan fingerprint density at radius 2 is 1.95 bits per heavy atom. The van der Waals surface area contributed by atoms with Crippen LogP contribution in [0.3, 0.4) is 0 Å². The van der Waals surface area contributed by atoms with Gasteiger partial charge in [-0.15, -0.1) is 0 Å². The van der Waals surface area contributed by atoms with Crippen LogP contribution in [-0.2, 0) is 0 Å². The van der Waals surface area contributed by atoms with Crippen molar-refractivity contribution in [3.05, 3.63) is 69.4 Å². The molecule has 1 amide bonds. The number of halogens is 2. The van der Waals surface area contributed by atoms with Crippen molar-refractivity contribution in [1.29, 1.82) is 0 Å². The summed E-state index contributed by atoms with van der Waals surface area (Å²) in [6.45, 7) is 1.96. The summed E-state index contributed by atoms with van der Waals surface area (Å²) in [4.78, 5) is 12.3. The Kier molecular flexibility index (Phi) is 3.81. The second-order valence-corrected chi connectivity index (χ2v) is 6.31. The number of amides is 1. The summed E-state index contributed by atoms with van der Waals surface area (Å²) < 4.78 is 13.7. The van der Waals surface area contributed by atoms with Crippen LogP contribution in [0, 0.1) is 12.7 Å². The topological polar surface area (TPSA) is 29.1 Å². The SMILES string of the molecule is Cc1ccc(Br)c(C(=O)N[C@@H]2C[C@H]2c2ccc(F)cc2)c1. The van der Waals surface area contributed by atoms with Gasteiger partial charge in [0, 0.05) is 16.4 Å². The molecule has 0 aromatic heterocycles. The number of carbonyl (C=O) groups excluding carboxylic acids is 1. The van der Waals surface area contributed by atoms with E-state index >= 15 is 0 Å². The maximum Gasteiger partial charge on any atom is 0.252 e. The van der Waals surface area contributed by atoms with Gasteiger partial charge in [0.2, 0.25) is 0 Å². The molecular weight excluding hydrogens is 333 g/mol. The third-order valence-corrected chi connectivity index (χ3v) is 4.46. The van der Waals surface area contributed by atoms with Crippen molar-refractivity contribution in [2.24, 2.45) is 0 Å². The molecule has 2 aromatic carbocycles. The molecule has 0 radical (unpaired) electrons. The van der Waals surface area contributed by atoms with E-state index in [-0.39, 0.29) is 23.7 Å². The molecule has 2 nitrogen and oxygen atoms in total. The molecule has 3 rings (SSSR count). The molecule has 1 fully saturated rings. The highest BCUT2D eigenvalue weighted by Gasteiger charge is 2.39. The van der Waals surface area contributed by atoms with Crippen LogP contribution in [0.25, 0.3) is 0 Å². The highest BCUT2D eigenvalue weighted by atomic mass is 79.9. The van der Waals surface area contributed by atoms with E-state index in [2.05, 4.69) is 21.2 Å². The highest BCUT2D eigenvalue weighted by molar-refractivity contribution is 9.10. The summed E-state index contributed by atoms with van der Waals surface area (Å²) in [5.74, 6) is -0.0120. The number of benzene rings is 2. The monoisotopic (exact) mass is 347 g/mol. The molecule has 1 N–H and O–H groups in total. The van der Waals surface area contributed by atoms with Crippen molar-refractivity contribution in [3.63, 3.8) is 0 Å². The van der Waals surface area contributed by atoms with Crippen molar-refractivity contribution in [1.82, 2.24) is 5.32 Å². The fourth-order valence-corrected chi connectivity index (χ4v) is 2.92. The predicted octanol–water partition coefficient (Wildman–Crippen LogP) is 4.18. The van der Waals surface area contributed by atoms with Crippen LogP contribution in [0.4, 0.5) is 4.39 Å². The van der Waals surface area contributed by atoms with Gasteiger partial charge in [-0.3, -0.25) is 4.79 Å². The third-order valence-electron chi connectivity index (χ3n) is 3.77. The fraction of sp³-hybridized carbons (Fsp3) is 0.235. The van der Waals surface area contributed by atoms with Gasteiger partial charge in [0.1, 0.15) is 5.82 Å². The molecule has 0 heterocycles. The minimum absolute atomic E-state index is 0.0693. The van der Waals surface area contributed by atoms with E-state index in [1.54, 1.807) is 12.1 Å². The Morgan fingerprint density at radius 3 is 2.67 bits per heavy atom. The molecule has 0 unspecified atom stereocenters. The normalized spacial score (nSPS) is 20.1. The zero-order valence-electron chi connectivity index (χ0n) is 11.6. The Hall–Kier alpha value is -1.68. The van der Waals surface area contributed by atoms with Crippen molar-refractivity contribution in [3.8, 4) is 0 Å². The number of nitrogens with one attached hydrogen (secondary N) is 1. The largest absolute Gasteiger partial charge is 0.349 e. The highest BCUT2D eigenvalue weighted by Crippen LogP contribution is 2.41. The van der Waals surface area contributed by atoms with Gasteiger partial charge in [-0.2, -0.15) is 0 Å². The van der Waals surface area contributed by atoms with E-state index in [1.807, 2.05) is 25.1 Å². The van der Waals surface area contributed by atoms with E-state index in [9.17, 15) is 9.18 Å². The lowest BCUT2D eigenvalue weighted by Crippen LogP contribution is -2.27. The standard InChI is InChI=1S/C17H15BrFNO/c1-10-2-7-15(18)14(8-10)17(21)20-16-9-13(16)11-3-5-12(19)6-4-11/h2-8,13,16H,9H2,1H3,(H,20,21)/t13-,16+/m0/s1. The van der Waals surface area contributed by atoms with E-state index < -0.39 is 0 Å². The second kappa shape index (κ2) is 5.60. The first kappa shape index (κ1) is 14.3. The van der Waals surface area contributed by atoms with Crippen LogP contribution in [0.2, 0.25) is 0 Å². The third kappa shape index (κ3) is 3.16. The van der Waals surface area contributed by atoms with Crippen molar-refractivity contribution in [2.75, 3.05) is 0 Å². The molecule has 0 spiro atoms. The molecule has 0 bridgehead atoms. The second-order valence-electron chi connectivity index (χ2n) is 5.46. The minimum atomic E-state index is -0.233. The number of carbonyl (C=O) groups is 1. The van der Waals surface area contributed by atoms with Gasteiger partial charge in [-0.05, 0) is 59.1 Å². The van der Waals surface area contributed by atoms with Gasteiger partial charge >= 0.3 is 0 Å². The molecule has 21 heavy (non-hydrogen) atoms. The zero-order valence-corrected chi connectivity index (χ0v) is 13.2. The molecule has 2 atom stereocenters. The molecular formula is C17H15BrFNO.